The largest absolute Gasteiger partial charge is 0.490 e. The van der Waals surface area contributed by atoms with Crippen molar-refractivity contribution in [2.75, 3.05) is 13.1 Å². The smallest absolute Gasteiger partial charge is 0.475 e. The molecule has 1 N–H and O–H groups in total. The number of carbonyl (C=O) groups is 1. The molecule has 0 aromatic carbocycles. The minimum atomic E-state index is -5.08. The lowest BCUT2D eigenvalue weighted by molar-refractivity contribution is -0.192. The van der Waals surface area contributed by atoms with E-state index in [1.165, 1.54) is 16.8 Å². The summed E-state index contributed by atoms with van der Waals surface area (Å²) in [4.78, 5) is 20.1. The first kappa shape index (κ1) is 18.9. The zero-order valence-electron chi connectivity index (χ0n) is 13.6. The van der Waals surface area contributed by atoms with E-state index < -0.39 is 12.1 Å². The topological polar surface area (TPSA) is 79.5 Å². The third kappa shape index (κ3) is 5.56. The van der Waals surface area contributed by atoms with Gasteiger partial charge in [-0.2, -0.15) is 13.2 Å². The van der Waals surface area contributed by atoms with Crippen molar-refractivity contribution in [1.29, 1.82) is 0 Å². The van der Waals surface area contributed by atoms with Gasteiger partial charge in [0.2, 0.25) is 0 Å². The van der Waals surface area contributed by atoms with Gasteiger partial charge in [-0.05, 0) is 25.0 Å². The maximum Gasteiger partial charge on any atom is 0.490 e. The number of rotatable bonds is 2. The molecule has 2 aromatic rings. The Labute approximate surface area is 142 Å². The molecule has 3 rings (SSSR count). The molecule has 0 bridgehead atoms. The minimum absolute atomic E-state index is 0.955. The average molecular weight is 357 g/mol. The van der Waals surface area contributed by atoms with Crippen molar-refractivity contribution >= 4 is 5.97 Å². The summed E-state index contributed by atoms with van der Waals surface area (Å²) in [6, 6.07) is 2.03. The molecule has 1 aliphatic heterocycles. The Bertz CT molecular complexity index is 702. The molecule has 0 saturated heterocycles. The Kier molecular flexibility index (Phi) is 6.13. The van der Waals surface area contributed by atoms with E-state index >= 15 is 0 Å². The highest BCUT2D eigenvalue weighted by atomic mass is 19.4. The second kappa shape index (κ2) is 8.11. The number of furan rings is 1. The van der Waals surface area contributed by atoms with E-state index in [9.17, 15) is 13.2 Å². The zero-order chi connectivity index (χ0) is 18.4. The van der Waals surface area contributed by atoms with Gasteiger partial charge in [0.05, 0.1) is 12.5 Å². The predicted molar refractivity (Wildman–Crippen MR) is 81.9 cm³/mol. The van der Waals surface area contributed by atoms with Crippen molar-refractivity contribution in [2.24, 2.45) is 0 Å². The van der Waals surface area contributed by atoms with Crippen molar-refractivity contribution in [2.45, 2.75) is 32.5 Å². The van der Waals surface area contributed by atoms with Crippen LogP contribution in [0.5, 0.6) is 0 Å². The van der Waals surface area contributed by atoms with E-state index in [1.54, 1.807) is 12.6 Å². The maximum atomic E-state index is 10.6. The molecule has 3 heterocycles. The van der Waals surface area contributed by atoms with E-state index in [0.717, 1.165) is 38.2 Å². The van der Waals surface area contributed by atoms with E-state index in [1.807, 2.05) is 12.3 Å². The highest BCUT2D eigenvalue weighted by Crippen LogP contribution is 2.17. The van der Waals surface area contributed by atoms with Gasteiger partial charge in [-0.1, -0.05) is 0 Å². The quantitative estimate of drug-likeness (QED) is 0.890. The van der Waals surface area contributed by atoms with Gasteiger partial charge in [-0.15, -0.1) is 0 Å². The molecule has 0 spiro atoms. The molecule has 2 aromatic heterocycles. The van der Waals surface area contributed by atoms with Gasteiger partial charge in [0, 0.05) is 43.0 Å². The molecule has 0 saturated carbocycles. The predicted octanol–water partition coefficient (Wildman–Crippen LogP) is 2.61. The SMILES string of the molecule is Cc1ncnc2c1CCN(Cc1ccoc1)CC2.O=C(O)C(F)(F)F. The lowest BCUT2D eigenvalue weighted by Crippen LogP contribution is -2.25. The van der Waals surface area contributed by atoms with E-state index in [-0.39, 0.29) is 0 Å². The first-order chi connectivity index (χ1) is 11.8. The molecule has 1 aliphatic rings. The van der Waals surface area contributed by atoms with Crippen LogP contribution in [0.4, 0.5) is 13.2 Å². The Morgan fingerprint density at radius 1 is 1.32 bits per heavy atom. The molecule has 136 valence electrons. The number of fused-ring (bicyclic) bond motifs is 1. The summed E-state index contributed by atoms with van der Waals surface area (Å²) in [5.74, 6) is -2.76. The summed E-state index contributed by atoms with van der Waals surface area (Å²) >= 11 is 0. The van der Waals surface area contributed by atoms with Gasteiger partial charge in [0.15, 0.2) is 0 Å². The highest BCUT2D eigenvalue weighted by Gasteiger charge is 2.38. The van der Waals surface area contributed by atoms with Gasteiger partial charge in [-0.25, -0.2) is 14.8 Å². The number of hydrogen-bond donors (Lipinski definition) is 1. The van der Waals surface area contributed by atoms with Crippen LogP contribution in [0.3, 0.4) is 0 Å². The normalized spacial score (nSPS) is 14.9. The molecular weight excluding hydrogens is 339 g/mol. The number of alkyl halides is 3. The van der Waals surface area contributed by atoms with Crippen molar-refractivity contribution in [3.05, 3.63) is 47.4 Å². The number of halogens is 3. The van der Waals surface area contributed by atoms with E-state index in [0.29, 0.717) is 0 Å². The number of hydrogen-bond acceptors (Lipinski definition) is 5. The second-order valence-electron chi connectivity index (χ2n) is 5.59. The van der Waals surface area contributed by atoms with Gasteiger partial charge >= 0.3 is 12.1 Å². The fourth-order valence-corrected chi connectivity index (χ4v) is 2.54. The van der Waals surface area contributed by atoms with Crippen LogP contribution in [-0.2, 0) is 24.2 Å². The number of aryl methyl sites for hydroxylation is 1. The van der Waals surface area contributed by atoms with Crippen LogP contribution in [0.1, 0.15) is 22.5 Å². The Balaban J connectivity index is 0.000000277. The summed E-state index contributed by atoms with van der Waals surface area (Å²) < 4.78 is 36.9. The molecule has 0 unspecified atom stereocenters. The third-order valence-electron chi connectivity index (χ3n) is 3.82. The summed E-state index contributed by atoms with van der Waals surface area (Å²) in [6.45, 7) is 5.14. The number of aromatic nitrogens is 2. The van der Waals surface area contributed by atoms with Gasteiger partial charge in [0.25, 0.3) is 0 Å². The molecule has 0 aliphatic carbocycles. The third-order valence-corrected chi connectivity index (χ3v) is 3.82. The van der Waals surface area contributed by atoms with Crippen LogP contribution in [-0.4, -0.2) is 45.2 Å². The Morgan fingerprint density at radius 2 is 2.00 bits per heavy atom. The number of carboxylic acids is 1. The van der Waals surface area contributed by atoms with Crippen LogP contribution in [0.2, 0.25) is 0 Å². The van der Waals surface area contributed by atoms with Crippen LogP contribution in [0.25, 0.3) is 0 Å². The monoisotopic (exact) mass is 357 g/mol. The first-order valence-corrected chi connectivity index (χ1v) is 7.60. The molecule has 0 atom stereocenters. The van der Waals surface area contributed by atoms with Crippen LogP contribution < -0.4 is 0 Å². The standard InChI is InChI=1S/C14H17N3O.C2HF3O2/c1-11-13-2-5-17(8-12-4-7-18-9-12)6-3-14(13)16-10-15-11;3-2(4,5)1(6)7/h4,7,9-10H,2-3,5-6,8H2,1H3;(H,6,7). The fourth-order valence-electron chi connectivity index (χ4n) is 2.54. The molecule has 0 radical (unpaired) electrons. The summed E-state index contributed by atoms with van der Waals surface area (Å²) in [6.07, 6.45) is 2.21. The minimum Gasteiger partial charge on any atom is -0.475 e. The number of aliphatic carboxylic acids is 1. The molecule has 0 amide bonds. The van der Waals surface area contributed by atoms with E-state index in [2.05, 4.69) is 21.8 Å². The Morgan fingerprint density at radius 3 is 2.60 bits per heavy atom. The van der Waals surface area contributed by atoms with E-state index in [4.69, 9.17) is 14.3 Å². The fraction of sp³-hybridized carbons (Fsp3) is 0.438. The van der Waals surface area contributed by atoms with Crippen LogP contribution >= 0.6 is 0 Å². The second-order valence-corrected chi connectivity index (χ2v) is 5.59. The van der Waals surface area contributed by atoms with Crippen LogP contribution in [0, 0.1) is 6.92 Å². The Hall–Kier alpha value is -2.42. The molecule has 9 heteroatoms. The first-order valence-electron chi connectivity index (χ1n) is 7.60. The van der Waals surface area contributed by atoms with Crippen molar-refractivity contribution < 1.29 is 27.5 Å². The summed E-state index contributed by atoms with van der Waals surface area (Å²) in [5.41, 5.74) is 4.93. The van der Waals surface area contributed by atoms with Gasteiger partial charge in [0.1, 0.15) is 6.33 Å². The van der Waals surface area contributed by atoms with Crippen molar-refractivity contribution in [3.63, 3.8) is 0 Å². The number of carboxylic acid groups (broad SMARTS) is 1. The molecule has 0 fully saturated rings. The summed E-state index contributed by atoms with van der Waals surface area (Å²) in [5, 5.41) is 7.12. The molecular formula is C16H18F3N3O3. The number of nitrogens with zero attached hydrogens (tertiary/aromatic N) is 3. The highest BCUT2D eigenvalue weighted by molar-refractivity contribution is 5.73. The van der Waals surface area contributed by atoms with Crippen LogP contribution in [0.15, 0.2) is 29.3 Å². The van der Waals surface area contributed by atoms with Crippen molar-refractivity contribution in [1.82, 2.24) is 14.9 Å². The average Bonchev–Trinajstić information content (AvgIpc) is 2.95. The van der Waals surface area contributed by atoms with Gasteiger partial charge in [-0.3, -0.25) is 4.90 Å². The lowest BCUT2D eigenvalue weighted by Gasteiger charge is -2.18. The lowest BCUT2D eigenvalue weighted by atomic mass is 10.1. The summed E-state index contributed by atoms with van der Waals surface area (Å²) in [7, 11) is 0. The van der Waals surface area contributed by atoms with Gasteiger partial charge < -0.3 is 9.52 Å². The maximum absolute atomic E-state index is 10.6. The zero-order valence-corrected chi connectivity index (χ0v) is 13.6. The van der Waals surface area contributed by atoms with Crippen molar-refractivity contribution in [3.8, 4) is 0 Å². The molecule has 6 nitrogen and oxygen atoms in total. The molecule has 25 heavy (non-hydrogen) atoms.